The summed E-state index contributed by atoms with van der Waals surface area (Å²) >= 11 is 0. The van der Waals surface area contributed by atoms with Gasteiger partial charge in [-0.05, 0) is 30.7 Å². The van der Waals surface area contributed by atoms with E-state index >= 15 is 0 Å². The molecule has 1 aliphatic heterocycles. The number of rotatable bonds is 3. The van der Waals surface area contributed by atoms with Gasteiger partial charge in [0.1, 0.15) is 18.2 Å². The first-order valence-electron chi connectivity index (χ1n) is 6.41. The summed E-state index contributed by atoms with van der Waals surface area (Å²) in [6, 6.07) is 10.9. The highest BCUT2D eigenvalue weighted by Crippen LogP contribution is 2.35. The van der Waals surface area contributed by atoms with E-state index in [1.807, 2.05) is 13.0 Å². The van der Waals surface area contributed by atoms with Crippen LogP contribution in [0.5, 0.6) is 5.75 Å². The number of ether oxygens (including phenoxy) is 1. The fourth-order valence-corrected chi connectivity index (χ4v) is 3.96. The molecule has 1 aliphatic rings. The van der Waals surface area contributed by atoms with Crippen molar-refractivity contribution in [2.75, 3.05) is 6.61 Å². The van der Waals surface area contributed by atoms with E-state index in [0.717, 1.165) is 5.56 Å². The van der Waals surface area contributed by atoms with Gasteiger partial charge in [0, 0.05) is 22.6 Å². The minimum atomic E-state index is -3.41. The zero-order chi connectivity index (χ0) is 15.0. The Labute approximate surface area is 122 Å². The SMILES string of the molecule is Cc1cccc2c1C(COc1cccc(F)c1)=CS2(=O)=O. The second-order valence-electron chi connectivity index (χ2n) is 4.88. The molecule has 0 spiro atoms. The molecule has 0 saturated carbocycles. The minimum absolute atomic E-state index is 0.0839. The maximum absolute atomic E-state index is 13.1. The van der Waals surface area contributed by atoms with Crippen LogP contribution in [0.15, 0.2) is 52.8 Å². The highest BCUT2D eigenvalue weighted by molar-refractivity contribution is 7.95. The van der Waals surface area contributed by atoms with Crippen LogP contribution < -0.4 is 4.74 Å². The third kappa shape index (κ3) is 2.56. The molecule has 108 valence electrons. The van der Waals surface area contributed by atoms with Gasteiger partial charge in [0.2, 0.25) is 9.84 Å². The molecule has 1 heterocycles. The van der Waals surface area contributed by atoms with Crippen molar-refractivity contribution in [3.63, 3.8) is 0 Å². The van der Waals surface area contributed by atoms with E-state index in [1.54, 1.807) is 24.3 Å². The van der Waals surface area contributed by atoms with Crippen molar-refractivity contribution in [3.05, 3.63) is 64.8 Å². The van der Waals surface area contributed by atoms with Crippen LogP contribution in [0.1, 0.15) is 11.1 Å². The van der Waals surface area contributed by atoms with Gasteiger partial charge in [0.05, 0.1) is 4.90 Å². The quantitative estimate of drug-likeness (QED) is 0.873. The van der Waals surface area contributed by atoms with E-state index in [4.69, 9.17) is 4.74 Å². The number of aryl methyl sites for hydroxylation is 1. The first-order valence-corrected chi connectivity index (χ1v) is 7.96. The zero-order valence-corrected chi connectivity index (χ0v) is 12.2. The van der Waals surface area contributed by atoms with Gasteiger partial charge < -0.3 is 4.74 Å². The standard InChI is InChI=1S/C16H13FO3S/c1-11-4-2-7-15-16(11)12(10-21(15,18)19)9-20-14-6-3-5-13(17)8-14/h2-8,10H,9H2,1H3. The molecule has 0 fully saturated rings. The molecular formula is C16H13FO3S. The van der Waals surface area contributed by atoms with Crippen LogP contribution in [-0.2, 0) is 9.84 Å². The number of benzene rings is 2. The van der Waals surface area contributed by atoms with Crippen LogP contribution in [0.2, 0.25) is 0 Å². The number of hydrogen-bond acceptors (Lipinski definition) is 3. The van der Waals surface area contributed by atoms with Crippen molar-refractivity contribution < 1.29 is 17.5 Å². The summed E-state index contributed by atoms with van der Waals surface area (Å²) in [5.74, 6) is -0.0209. The molecule has 0 aromatic heterocycles. The van der Waals surface area contributed by atoms with Crippen LogP contribution in [0.4, 0.5) is 4.39 Å². The average Bonchev–Trinajstić information content (AvgIpc) is 2.69. The third-order valence-corrected chi connectivity index (χ3v) is 4.90. The molecule has 0 amide bonds. The normalized spacial score (nSPS) is 15.4. The molecule has 0 radical (unpaired) electrons. The Hall–Kier alpha value is -2.14. The summed E-state index contributed by atoms with van der Waals surface area (Å²) in [5.41, 5.74) is 2.16. The molecule has 0 atom stereocenters. The van der Waals surface area contributed by atoms with Crippen molar-refractivity contribution >= 4 is 15.4 Å². The number of fused-ring (bicyclic) bond motifs is 1. The van der Waals surface area contributed by atoms with E-state index in [2.05, 4.69) is 0 Å². The molecule has 2 aromatic carbocycles. The largest absolute Gasteiger partial charge is 0.489 e. The van der Waals surface area contributed by atoms with Gasteiger partial charge in [-0.1, -0.05) is 18.2 Å². The lowest BCUT2D eigenvalue weighted by Crippen LogP contribution is -2.01. The van der Waals surface area contributed by atoms with Crippen LogP contribution in [0.3, 0.4) is 0 Å². The van der Waals surface area contributed by atoms with Crippen molar-refractivity contribution in [1.29, 1.82) is 0 Å². The number of sulfone groups is 1. The Morgan fingerprint density at radius 3 is 2.67 bits per heavy atom. The summed E-state index contributed by atoms with van der Waals surface area (Å²) in [6.45, 7) is 1.94. The van der Waals surface area contributed by atoms with Crippen LogP contribution in [-0.4, -0.2) is 15.0 Å². The number of halogens is 1. The predicted molar refractivity (Wildman–Crippen MR) is 78.2 cm³/mol. The van der Waals surface area contributed by atoms with Crippen molar-refractivity contribution in [2.45, 2.75) is 11.8 Å². The molecule has 0 unspecified atom stereocenters. The van der Waals surface area contributed by atoms with Crippen LogP contribution in [0.25, 0.3) is 5.57 Å². The molecule has 0 N–H and O–H groups in total. The van der Waals surface area contributed by atoms with Gasteiger partial charge in [-0.3, -0.25) is 0 Å². The molecule has 3 rings (SSSR count). The smallest absolute Gasteiger partial charge is 0.200 e. The average molecular weight is 304 g/mol. The van der Waals surface area contributed by atoms with Gasteiger partial charge in [-0.15, -0.1) is 0 Å². The van der Waals surface area contributed by atoms with E-state index in [9.17, 15) is 12.8 Å². The van der Waals surface area contributed by atoms with Crippen molar-refractivity contribution in [2.24, 2.45) is 0 Å². The summed E-state index contributed by atoms with van der Waals surface area (Å²) in [7, 11) is -3.41. The third-order valence-electron chi connectivity index (χ3n) is 3.35. The monoisotopic (exact) mass is 304 g/mol. The van der Waals surface area contributed by atoms with Crippen molar-refractivity contribution in [1.82, 2.24) is 0 Å². The van der Waals surface area contributed by atoms with Gasteiger partial charge in [0.25, 0.3) is 0 Å². The van der Waals surface area contributed by atoms with E-state index < -0.39 is 15.7 Å². The lowest BCUT2D eigenvalue weighted by Gasteiger charge is -2.10. The Balaban J connectivity index is 1.91. The molecule has 0 aliphatic carbocycles. The predicted octanol–water partition coefficient (Wildman–Crippen LogP) is 3.34. The van der Waals surface area contributed by atoms with E-state index in [-0.39, 0.29) is 6.61 Å². The van der Waals surface area contributed by atoms with E-state index in [1.165, 1.54) is 17.5 Å². The summed E-state index contributed by atoms with van der Waals surface area (Å²) in [6.07, 6.45) is 0. The summed E-state index contributed by atoms with van der Waals surface area (Å²) in [5, 5.41) is 1.23. The molecule has 3 nitrogen and oxygen atoms in total. The van der Waals surface area contributed by atoms with E-state index in [0.29, 0.717) is 21.8 Å². The maximum atomic E-state index is 13.1. The Bertz CT molecular complexity index is 838. The van der Waals surface area contributed by atoms with Crippen molar-refractivity contribution in [3.8, 4) is 5.75 Å². The molecule has 0 bridgehead atoms. The lowest BCUT2D eigenvalue weighted by molar-refractivity contribution is 0.367. The minimum Gasteiger partial charge on any atom is -0.489 e. The molecule has 0 saturated heterocycles. The van der Waals surface area contributed by atoms with Crippen LogP contribution >= 0.6 is 0 Å². The number of hydrogen-bond donors (Lipinski definition) is 0. The topological polar surface area (TPSA) is 43.4 Å². The first kappa shape index (κ1) is 13.8. The van der Waals surface area contributed by atoms with Gasteiger partial charge in [-0.25, -0.2) is 12.8 Å². The van der Waals surface area contributed by atoms with Gasteiger partial charge in [0.15, 0.2) is 0 Å². The highest BCUT2D eigenvalue weighted by atomic mass is 32.2. The summed E-state index contributed by atoms with van der Waals surface area (Å²) < 4.78 is 42.8. The molecule has 21 heavy (non-hydrogen) atoms. The molecule has 5 heteroatoms. The zero-order valence-electron chi connectivity index (χ0n) is 11.3. The Kier molecular flexibility index (Phi) is 3.29. The lowest BCUT2D eigenvalue weighted by atomic mass is 10.0. The molecular weight excluding hydrogens is 291 g/mol. The highest BCUT2D eigenvalue weighted by Gasteiger charge is 2.28. The summed E-state index contributed by atoms with van der Waals surface area (Å²) in [4.78, 5) is 0.306. The van der Waals surface area contributed by atoms with Gasteiger partial charge in [-0.2, -0.15) is 0 Å². The maximum Gasteiger partial charge on any atom is 0.200 e. The second kappa shape index (κ2) is 5.00. The van der Waals surface area contributed by atoms with Gasteiger partial charge >= 0.3 is 0 Å². The Morgan fingerprint density at radius 1 is 1.14 bits per heavy atom. The van der Waals surface area contributed by atoms with Crippen LogP contribution in [0, 0.1) is 12.7 Å². The second-order valence-corrected chi connectivity index (χ2v) is 6.65. The fourth-order valence-electron chi connectivity index (χ4n) is 2.42. The first-order chi connectivity index (χ1) is 9.97. The fraction of sp³-hybridized carbons (Fsp3) is 0.125. The molecule has 2 aromatic rings. The Morgan fingerprint density at radius 2 is 1.90 bits per heavy atom.